The molecule has 1 N–H and O–H groups in total. The summed E-state index contributed by atoms with van der Waals surface area (Å²) >= 11 is 0. The van der Waals surface area contributed by atoms with E-state index in [1.807, 2.05) is 30.3 Å². The van der Waals surface area contributed by atoms with Crippen LogP contribution in [0.2, 0.25) is 0 Å². The molecule has 4 rings (SSSR count). The first-order valence-electron chi connectivity index (χ1n) is 8.05. The maximum atomic E-state index is 13.5. The minimum absolute atomic E-state index is 0.120. The van der Waals surface area contributed by atoms with Gasteiger partial charge < -0.3 is 0 Å². The highest BCUT2D eigenvalue weighted by atomic mass is 19.3. The van der Waals surface area contributed by atoms with Crippen molar-refractivity contribution in [2.75, 3.05) is 5.43 Å². The van der Waals surface area contributed by atoms with Gasteiger partial charge in [0.15, 0.2) is 5.82 Å². The molecule has 0 aliphatic rings. The number of imidazole rings is 1. The van der Waals surface area contributed by atoms with E-state index >= 15 is 0 Å². The van der Waals surface area contributed by atoms with E-state index in [2.05, 4.69) is 20.5 Å². The molecule has 26 heavy (non-hydrogen) atoms. The largest absolute Gasteiger partial charge is 0.320 e. The van der Waals surface area contributed by atoms with Gasteiger partial charge in [0.2, 0.25) is 0 Å². The molecular weight excluding hydrogens is 336 g/mol. The molecule has 0 saturated carbocycles. The van der Waals surface area contributed by atoms with Crippen LogP contribution >= 0.6 is 0 Å². The fraction of sp³-hybridized carbons (Fsp3) is 0.105. The molecule has 4 aromatic rings. The SMILES string of the molecule is CC(=NNc1ccc2ccccc2n1)c1nc2ccccc2n1C(F)F. The third kappa shape index (κ3) is 2.88. The molecule has 5 nitrogen and oxygen atoms in total. The molecule has 0 spiro atoms. The zero-order valence-corrected chi connectivity index (χ0v) is 13.9. The third-order valence-electron chi connectivity index (χ3n) is 4.05. The molecular formula is C19H15F2N5. The van der Waals surface area contributed by atoms with Crippen molar-refractivity contribution in [3.05, 3.63) is 66.5 Å². The molecule has 0 fully saturated rings. The van der Waals surface area contributed by atoms with Crippen molar-refractivity contribution in [2.45, 2.75) is 13.5 Å². The van der Waals surface area contributed by atoms with Crippen LogP contribution in [0.15, 0.2) is 65.8 Å². The monoisotopic (exact) mass is 351 g/mol. The molecule has 0 aliphatic heterocycles. The summed E-state index contributed by atoms with van der Waals surface area (Å²) in [6.07, 6.45) is 0. The lowest BCUT2D eigenvalue weighted by molar-refractivity contribution is 0.0740. The average molecular weight is 351 g/mol. The molecule has 2 heterocycles. The van der Waals surface area contributed by atoms with Crippen molar-refractivity contribution in [1.29, 1.82) is 0 Å². The minimum atomic E-state index is -2.71. The van der Waals surface area contributed by atoms with Gasteiger partial charge in [0.1, 0.15) is 11.5 Å². The van der Waals surface area contributed by atoms with Crippen molar-refractivity contribution in [3.8, 4) is 0 Å². The van der Waals surface area contributed by atoms with Crippen LogP contribution in [0, 0.1) is 0 Å². The quantitative estimate of drug-likeness (QED) is 0.424. The average Bonchev–Trinajstić information content (AvgIpc) is 3.06. The second kappa shape index (κ2) is 6.51. The van der Waals surface area contributed by atoms with E-state index in [1.165, 1.54) is 0 Å². The predicted molar refractivity (Wildman–Crippen MR) is 98.6 cm³/mol. The van der Waals surface area contributed by atoms with Gasteiger partial charge in [-0.15, -0.1) is 0 Å². The lowest BCUT2D eigenvalue weighted by Crippen LogP contribution is -2.11. The summed E-state index contributed by atoms with van der Waals surface area (Å²) in [5.74, 6) is 0.650. The van der Waals surface area contributed by atoms with E-state index in [0.717, 1.165) is 15.5 Å². The number of fused-ring (bicyclic) bond motifs is 2. The Balaban J connectivity index is 1.69. The second-order valence-corrected chi connectivity index (χ2v) is 5.77. The van der Waals surface area contributed by atoms with Crippen LogP contribution < -0.4 is 5.43 Å². The Morgan fingerprint density at radius 1 is 0.962 bits per heavy atom. The Labute approximate surface area is 148 Å². The number of aromatic nitrogens is 3. The standard InChI is InChI=1S/C19H15F2N5/c1-12(18-23-15-8-4-5-9-16(15)26(18)19(20)21)24-25-17-11-10-13-6-2-3-7-14(13)22-17/h2-11,19H,1H3,(H,22,25). The van der Waals surface area contributed by atoms with E-state index in [0.29, 0.717) is 22.6 Å². The highest BCUT2D eigenvalue weighted by Crippen LogP contribution is 2.23. The Kier molecular flexibility index (Phi) is 4.04. The zero-order chi connectivity index (χ0) is 18.1. The van der Waals surface area contributed by atoms with E-state index in [1.54, 1.807) is 37.3 Å². The maximum Gasteiger partial charge on any atom is 0.320 e. The maximum absolute atomic E-state index is 13.5. The van der Waals surface area contributed by atoms with Crippen LogP contribution in [-0.2, 0) is 0 Å². The fourth-order valence-corrected chi connectivity index (χ4v) is 2.82. The van der Waals surface area contributed by atoms with Gasteiger partial charge in [0, 0.05) is 5.39 Å². The van der Waals surface area contributed by atoms with Gasteiger partial charge in [-0.2, -0.15) is 13.9 Å². The predicted octanol–water partition coefficient (Wildman–Crippen LogP) is 4.82. The topological polar surface area (TPSA) is 55.1 Å². The summed E-state index contributed by atoms with van der Waals surface area (Å²) in [5, 5.41) is 5.21. The molecule has 2 aromatic heterocycles. The number of halogens is 2. The molecule has 0 aliphatic carbocycles. The first kappa shape index (κ1) is 16.1. The minimum Gasteiger partial charge on any atom is -0.265 e. The van der Waals surface area contributed by atoms with Gasteiger partial charge >= 0.3 is 6.55 Å². The summed E-state index contributed by atoms with van der Waals surface area (Å²) in [6.45, 7) is -1.07. The van der Waals surface area contributed by atoms with E-state index in [-0.39, 0.29) is 5.82 Å². The van der Waals surface area contributed by atoms with E-state index < -0.39 is 6.55 Å². The lowest BCUT2D eigenvalue weighted by atomic mass is 10.2. The Bertz CT molecular complexity index is 1120. The first-order chi connectivity index (χ1) is 12.6. The van der Waals surface area contributed by atoms with Crippen molar-refractivity contribution in [1.82, 2.24) is 14.5 Å². The summed E-state index contributed by atoms with van der Waals surface area (Å²) in [6, 6.07) is 18.2. The summed E-state index contributed by atoms with van der Waals surface area (Å²) in [5.41, 5.74) is 4.86. The molecule has 0 bridgehead atoms. The van der Waals surface area contributed by atoms with Gasteiger partial charge in [0.25, 0.3) is 0 Å². The Morgan fingerprint density at radius 2 is 1.69 bits per heavy atom. The number of hydrazone groups is 1. The number of pyridine rings is 1. The van der Waals surface area contributed by atoms with Crippen LogP contribution in [0.3, 0.4) is 0 Å². The summed E-state index contributed by atoms with van der Waals surface area (Å²) < 4.78 is 27.9. The number of para-hydroxylation sites is 3. The molecule has 2 aromatic carbocycles. The van der Waals surface area contributed by atoms with Crippen LogP contribution in [0.25, 0.3) is 21.9 Å². The molecule has 130 valence electrons. The van der Waals surface area contributed by atoms with Crippen LogP contribution in [0.5, 0.6) is 0 Å². The second-order valence-electron chi connectivity index (χ2n) is 5.77. The number of rotatable bonds is 4. The normalized spacial score (nSPS) is 12.2. The van der Waals surface area contributed by atoms with Crippen LogP contribution in [0.4, 0.5) is 14.6 Å². The number of anilines is 1. The molecule has 0 atom stereocenters. The number of alkyl halides is 2. The number of benzene rings is 2. The summed E-state index contributed by atoms with van der Waals surface area (Å²) in [4.78, 5) is 8.74. The molecule has 0 unspecified atom stereocenters. The fourth-order valence-electron chi connectivity index (χ4n) is 2.82. The van der Waals surface area contributed by atoms with E-state index in [4.69, 9.17) is 0 Å². The third-order valence-corrected chi connectivity index (χ3v) is 4.05. The number of hydrogen-bond acceptors (Lipinski definition) is 4. The van der Waals surface area contributed by atoms with Gasteiger partial charge in [-0.3, -0.25) is 9.99 Å². The van der Waals surface area contributed by atoms with Crippen LogP contribution in [-0.4, -0.2) is 20.2 Å². The highest BCUT2D eigenvalue weighted by molar-refractivity contribution is 5.99. The smallest absolute Gasteiger partial charge is 0.265 e. The first-order valence-corrected chi connectivity index (χ1v) is 8.05. The zero-order valence-electron chi connectivity index (χ0n) is 13.9. The molecule has 0 amide bonds. The van der Waals surface area contributed by atoms with E-state index in [9.17, 15) is 8.78 Å². The van der Waals surface area contributed by atoms with Gasteiger partial charge in [-0.1, -0.05) is 30.3 Å². The Morgan fingerprint density at radius 3 is 2.50 bits per heavy atom. The summed E-state index contributed by atoms with van der Waals surface area (Å²) in [7, 11) is 0. The highest BCUT2D eigenvalue weighted by Gasteiger charge is 2.19. The van der Waals surface area contributed by atoms with Gasteiger partial charge in [-0.05, 0) is 37.3 Å². The van der Waals surface area contributed by atoms with Gasteiger partial charge in [0.05, 0.1) is 16.6 Å². The number of nitrogens with one attached hydrogen (secondary N) is 1. The van der Waals surface area contributed by atoms with Crippen molar-refractivity contribution in [3.63, 3.8) is 0 Å². The van der Waals surface area contributed by atoms with Gasteiger partial charge in [-0.25, -0.2) is 9.97 Å². The van der Waals surface area contributed by atoms with Crippen molar-refractivity contribution < 1.29 is 8.78 Å². The molecule has 0 radical (unpaired) electrons. The number of hydrogen-bond donors (Lipinski definition) is 1. The Hall–Kier alpha value is -3.35. The number of nitrogens with zero attached hydrogens (tertiary/aromatic N) is 4. The van der Waals surface area contributed by atoms with Crippen LogP contribution in [0.1, 0.15) is 19.3 Å². The molecule has 0 saturated heterocycles. The molecule has 7 heteroatoms. The van der Waals surface area contributed by atoms with Crippen molar-refractivity contribution in [2.24, 2.45) is 5.10 Å². The lowest BCUT2D eigenvalue weighted by Gasteiger charge is -2.08. The van der Waals surface area contributed by atoms with Crippen molar-refractivity contribution >= 4 is 33.5 Å².